The van der Waals surface area contributed by atoms with E-state index in [0.717, 1.165) is 11.3 Å². The first-order valence-corrected chi connectivity index (χ1v) is 8.95. The number of amides is 2. The topological polar surface area (TPSA) is 66.5 Å². The number of benzene rings is 1. The number of urea groups is 1. The summed E-state index contributed by atoms with van der Waals surface area (Å²) in [5, 5.41) is 2.89. The van der Waals surface area contributed by atoms with E-state index in [1.165, 1.54) is 4.90 Å². The first-order chi connectivity index (χ1) is 9.80. The van der Waals surface area contributed by atoms with Crippen molar-refractivity contribution in [2.75, 3.05) is 23.9 Å². The van der Waals surface area contributed by atoms with E-state index in [2.05, 4.69) is 19.2 Å². The number of para-hydroxylation sites is 1. The van der Waals surface area contributed by atoms with Crippen molar-refractivity contribution in [3.05, 3.63) is 29.8 Å². The molecule has 1 aromatic rings. The Kier molecular flexibility index (Phi) is 4.56. The van der Waals surface area contributed by atoms with Crippen LogP contribution >= 0.6 is 0 Å². The number of hydrogen-bond acceptors (Lipinski definition) is 3. The fourth-order valence-corrected chi connectivity index (χ4v) is 4.34. The summed E-state index contributed by atoms with van der Waals surface area (Å²) in [4.78, 5) is 13.8. The fourth-order valence-electron chi connectivity index (χ4n) is 2.56. The molecule has 5 nitrogen and oxygen atoms in total. The predicted octanol–water partition coefficient (Wildman–Crippen LogP) is 2.46. The van der Waals surface area contributed by atoms with Crippen molar-refractivity contribution < 1.29 is 13.2 Å². The van der Waals surface area contributed by atoms with Gasteiger partial charge in [0.15, 0.2) is 9.84 Å². The highest BCUT2D eigenvalue weighted by Crippen LogP contribution is 2.24. The van der Waals surface area contributed by atoms with Crippen molar-refractivity contribution in [3.8, 4) is 0 Å². The van der Waals surface area contributed by atoms with Gasteiger partial charge in [-0.1, -0.05) is 32.0 Å². The first-order valence-electron chi connectivity index (χ1n) is 7.13. The largest absolute Gasteiger partial charge is 0.324 e. The Hall–Kier alpha value is -1.56. The molecule has 1 atom stereocenters. The second kappa shape index (κ2) is 6.05. The average Bonchev–Trinajstić information content (AvgIpc) is 2.78. The lowest BCUT2D eigenvalue weighted by molar-refractivity contribution is 0.209. The van der Waals surface area contributed by atoms with Gasteiger partial charge in [-0.05, 0) is 24.0 Å². The molecule has 1 N–H and O–H groups in total. The molecule has 0 spiro atoms. The summed E-state index contributed by atoms with van der Waals surface area (Å²) in [6.45, 7) is 4.14. The lowest BCUT2D eigenvalue weighted by Gasteiger charge is -2.24. The molecule has 6 heteroatoms. The highest BCUT2D eigenvalue weighted by Gasteiger charge is 2.32. The molecule has 0 aromatic heterocycles. The van der Waals surface area contributed by atoms with Gasteiger partial charge in [-0.15, -0.1) is 0 Å². The summed E-state index contributed by atoms with van der Waals surface area (Å²) < 4.78 is 23.0. The van der Waals surface area contributed by atoms with Gasteiger partial charge in [-0.2, -0.15) is 0 Å². The van der Waals surface area contributed by atoms with Gasteiger partial charge in [-0.3, -0.25) is 0 Å². The molecule has 1 fully saturated rings. The van der Waals surface area contributed by atoms with Crippen LogP contribution < -0.4 is 5.32 Å². The zero-order valence-electron chi connectivity index (χ0n) is 12.7. The highest BCUT2D eigenvalue weighted by atomic mass is 32.2. The minimum absolute atomic E-state index is 0.0583. The second-order valence-corrected chi connectivity index (χ2v) is 8.07. The van der Waals surface area contributed by atoms with Gasteiger partial charge < -0.3 is 10.2 Å². The number of nitrogens with one attached hydrogen (secondary N) is 1. The number of carbonyl (C=O) groups is 1. The Morgan fingerprint density at radius 1 is 1.33 bits per heavy atom. The maximum absolute atomic E-state index is 12.3. The van der Waals surface area contributed by atoms with Crippen LogP contribution in [-0.4, -0.2) is 43.9 Å². The van der Waals surface area contributed by atoms with E-state index in [9.17, 15) is 13.2 Å². The molecular formula is C15H22N2O3S. The van der Waals surface area contributed by atoms with Gasteiger partial charge >= 0.3 is 6.03 Å². The standard InChI is InChI=1S/C15H22N2O3S/c1-11(2)13-6-4-5-7-14(13)16-15(18)17(3)12-8-9-21(19,20)10-12/h4-7,11-12H,8-10H2,1-3H3,(H,16,18). The molecule has 0 radical (unpaired) electrons. The van der Waals surface area contributed by atoms with Crippen molar-refractivity contribution in [1.82, 2.24) is 4.90 Å². The molecule has 2 rings (SSSR count). The van der Waals surface area contributed by atoms with Gasteiger partial charge in [-0.25, -0.2) is 13.2 Å². The normalized spacial score (nSPS) is 20.5. The van der Waals surface area contributed by atoms with E-state index in [1.807, 2.05) is 24.3 Å². The molecule has 0 aliphatic carbocycles. The third-order valence-electron chi connectivity index (χ3n) is 3.90. The van der Waals surface area contributed by atoms with E-state index >= 15 is 0 Å². The summed E-state index contributed by atoms with van der Waals surface area (Å²) >= 11 is 0. The van der Waals surface area contributed by atoms with Gasteiger partial charge in [0.25, 0.3) is 0 Å². The molecule has 0 saturated carbocycles. The van der Waals surface area contributed by atoms with Crippen LogP contribution in [0.4, 0.5) is 10.5 Å². The maximum Gasteiger partial charge on any atom is 0.321 e. The van der Waals surface area contributed by atoms with E-state index in [-0.39, 0.29) is 23.6 Å². The zero-order chi connectivity index (χ0) is 15.6. The van der Waals surface area contributed by atoms with E-state index in [4.69, 9.17) is 0 Å². The van der Waals surface area contributed by atoms with E-state index < -0.39 is 9.84 Å². The maximum atomic E-state index is 12.3. The van der Waals surface area contributed by atoms with Gasteiger partial charge in [0.2, 0.25) is 0 Å². The Bertz CT molecular complexity index is 626. The van der Waals surface area contributed by atoms with Crippen molar-refractivity contribution in [2.45, 2.75) is 32.2 Å². The Balaban J connectivity index is 2.08. The molecule has 1 unspecified atom stereocenters. The number of nitrogens with zero attached hydrogens (tertiary/aromatic N) is 1. The monoisotopic (exact) mass is 310 g/mol. The van der Waals surface area contributed by atoms with Crippen molar-refractivity contribution >= 4 is 21.6 Å². The van der Waals surface area contributed by atoms with E-state index in [1.54, 1.807) is 7.05 Å². The SMILES string of the molecule is CC(C)c1ccccc1NC(=O)N(C)C1CCS(=O)(=O)C1. The molecule has 0 bridgehead atoms. The van der Waals surface area contributed by atoms with Crippen molar-refractivity contribution in [2.24, 2.45) is 0 Å². The fraction of sp³-hybridized carbons (Fsp3) is 0.533. The van der Waals surface area contributed by atoms with E-state index in [0.29, 0.717) is 12.3 Å². The summed E-state index contributed by atoms with van der Waals surface area (Å²) in [7, 11) is -1.34. The Morgan fingerprint density at radius 2 is 2.00 bits per heavy atom. The molecule has 1 aliphatic heterocycles. The molecule has 116 valence electrons. The third kappa shape index (κ3) is 3.75. The first kappa shape index (κ1) is 15.8. The molecule has 1 saturated heterocycles. The van der Waals surface area contributed by atoms with Gasteiger partial charge in [0, 0.05) is 18.8 Å². The molecule has 1 aromatic carbocycles. The van der Waals surface area contributed by atoms with Crippen LogP contribution in [0.3, 0.4) is 0 Å². The average molecular weight is 310 g/mol. The van der Waals surface area contributed by atoms with Gasteiger partial charge in [0.05, 0.1) is 11.5 Å². The number of sulfone groups is 1. The molecule has 21 heavy (non-hydrogen) atoms. The van der Waals surface area contributed by atoms with Crippen LogP contribution in [0.1, 0.15) is 31.7 Å². The molecular weight excluding hydrogens is 288 g/mol. The number of carbonyl (C=O) groups excluding carboxylic acids is 1. The van der Waals surface area contributed by atoms with Crippen LogP contribution in [0.25, 0.3) is 0 Å². The smallest absolute Gasteiger partial charge is 0.321 e. The van der Waals surface area contributed by atoms with Crippen LogP contribution in [0.15, 0.2) is 24.3 Å². The minimum atomic E-state index is -2.99. The van der Waals surface area contributed by atoms with Crippen LogP contribution in [0.2, 0.25) is 0 Å². The predicted molar refractivity (Wildman–Crippen MR) is 84.4 cm³/mol. The van der Waals surface area contributed by atoms with Crippen molar-refractivity contribution in [3.63, 3.8) is 0 Å². The molecule has 1 heterocycles. The van der Waals surface area contributed by atoms with Crippen LogP contribution in [0, 0.1) is 0 Å². The molecule has 1 aliphatic rings. The zero-order valence-corrected chi connectivity index (χ0v) is 13.5. The Morgan fingerprint density at radius 3 is 2.57 bits per heavy atom. The molecule has 2 amide bonds. The lowest BCUT2D eigenvalue weighted by atomic mass is 10.0. The quantitative estimate of drug-likeness (QED) is 0.932. The summed E-state index contributed by atoms with van der Waals surface area (Å²) in [5.74, 6) is 0.527. The number of rotatable bonds is 3. The third-order valence-corrected chi connectivity index (χ3v) is 5.65. The summed E-state index contributed by atoms with van der Waals surface area (Å²) in [6.07, 6.45) is 0.512. The van der Waals surface area contributed by atoms with Crippen LogP contribution in [-0.2, 0) is 9.84 Å². The van der Waals surface area contributed by atoms with Gasteiger partial charge in [0.1, 0.15) is 0 Å². The number of anilines is 1. The Labute approximate surface area is 126 Å². The highest BCUT2D eigenvalue weighted by molar-refractivity contribution is 7.91. The second-order valence-electron chi connectivity index (χ2n) is 5.84. The lowest BCUT2D eigenvalue weighted by Crippen LogP contribution is -2.40. The minimum Gasteiger partial charge on any atom is -0.324 e. The number of hydrogen-bond donors (Lipinski definition) is 1. The summed E-state index contributed by atoms with van der Waals surface area (Å²) in [6, 6.07) is 7.18. The van der Waals surface area contributed by atoms with Crippen LogP contribution in [0.5, 0.6) is 0 Å². The van der Waals surface area contributed by atoms with Crippen molar-refractivity contribution in [1.29, 1.82) is 0 Å². The summed E-state index contributed by atoms with van der Waals surface area (Å²) in [5.41, 5.74) is 1.85.